The van der Waals surface area contributed by atoms with E-state index >= 15 is 0 Å². The van der Waals surface area contributed by atoms with E-state index in [2.05, 4.69) is 9.72 Å². The fraction of sp³-hybridized carbons (Fsp3) is 0.167. The number of hydrogen-bond donors (Lipinski definition) is 1. The van der Waals surface area contributed by atoms with E-state index in [0.29, 0.717) is 0 Å². The molecule has 0 amide bonds. The molecule has 1 aromatic heterocycles. The van der Waals surface area contributed by atoms with Crippen molar-refractivity contribution in [3.8, 4) is 11.6 Å². The summed E-state index contributed by atoms with van der Waals surface area (Å²) < 4.78 is 38.2. The molecule has 0 unspecified atom stereocenters. The monoisotopic (exact) mass is 213 g/mol. The molecule has 0 saturated heterocycles. The van der Waals surface area contributed by atoms with Gasteiger partial charge in [0.1, 0.15) is 0 Å². The molecule has 0 radical (unpaired) electrons. The van der Waals surface area contributed by atoms with E-state index in [1.807, 2.05) is 0 Å². The summed E-state index contributed by atoms with van der Waals surface area (Å²) in [7, 11) is 0. The number of aromatic nitrogens is 1. The van der Waals surface area contributed by atoms with Crippen molar-refractivity contribution in [1.82, 2.24) is 4.98 Å². The molecule has 72 valence electrons. The van der Waals surface area contributed by atoms with Crippen LogP contribution < -0.4 is 4.74 Å². The van der Waals surface area contributed by atoms with E-state index in [1.165, 1.54) is 0 Å². The standard InChI is InChI=1S/C6H3ClF3NO2/c7-3-1-4(12)5(11-2-3)13-6(8,9)10/h1-2,12H. The highest BCUT2D eigenvalue weighted by Crippen LogP contribution is 2.30. The first-order chi connectivity index (χ1) is 5.88. The van der Waals surface area contributed by atoms with Crippen molar-refractivity contribution in [2.75, 3.05) is 0 Å². The maximum Gasteiger partial charge on any atom is 0.574 e. The van der Waals surface area contributed by atoms with Gasteiger partial charge in [-0.25, -0.2) is 4.98 Å². The van der Waals surface area contributed by atoms with Gasteiger partial charge in [0.2, 0.25) is 0 Å². The zero-order valence-electron chi connectivity index (χ0n) is 5.97. The molecule has 7 heteroatoms. The molecule has 3 nitrogen and oxygen atoms in total. The number of alkyl halides is 3. The van der Waals surface area contributed by atoms with Crippen LogP contribution in [0.25, 0.3) is 0 Å². The van der Waals surface area contributed by atoms with Gasteiger partial charge in [0.15, 0.2) is 5.75 Å². The van der Waals surface area contributed by atoms with Gasteiger partial charge in [-0.15, -0.1) is 13.2 Å². The van der Waals surface area contributed by atoms with E-state index in [4.69, 9.17) is 16.7 Å². The number of hydrogen-bond acceptors (Lipinski definition) is 3. The van der Waals surface area contributed by atoms with Crippen LogP contribution in [-0.2, 0) is 0 Å². The predicted molar refractivity (Wildman–Crippen MR) is 37.6 cm³/mol. The molecule has 1 N–H and O–H groups in total. The van der Waals surface area contributed by atoms with Crippen molar-refractivity contribution >= 4 is 11.6 Å². The Labute approximate surface area is 75.7 Å². The van der Waals surface area contributed by atoms with Crippen LogP contribution in [0.3, 0.4) is 0 Å². The van der Waals surface area contributed by atoms with Crippen LogP contribution in [0.4, 0.5) is 13.2 Å². The Morgan fingerprint density at radius 3 is 2.54 bits per heavy atom. The molecular weight excluding hydrogens is 211 g/mol. The first kappa shape index (κ1) is 9.91. The average Bonchev–Trinajstić information content (AvgIpc) is 1.93. The molecule has 1 aromatic rings. The quantitative estimate of drug-likeness (QED) is 0.779. The lowest BCUT2D eigenvalue weighted by Crippen LogP contribution is -2.17. The maximum atomic E-state index is 11.6. The molecule has 0 atom stereocenters. The molecule has 0 aliphatic heterocycles. The zero-order chi connectivity index (χ0) is 10.1. The molecule has 0 saturated carbocycles. The Hall–Kier alpha value is -1.17. The Morgan fingerprint density at radius 1 is 1.46 bits per heavy atom. The summed E-state index contributed by atoms with van der Waals surface area (Å²) in [4.78, 5) is 3.14. The van der Waals surface area contributed by atoms with Crippen LogP contribution in [0.1, 0.15) is 0 Å². The fourth-order valence-electron chi connectivity index (χ4n) is 0.604. The molecule has 0 bridgehead atoms. The number of rotatable bonds is 1. The van der Waals surface area contributed by atoms with Crippen LogP contribution in [0.15, 0.2) is 12.3 Å². The molecule has 13 heavy (non-hydrogen) atoms. The molecule has 0 fully saturated rings. The Kier molecular flexibility index (Phi) is 2.51. The van der Waals surface area contributed by atoms with Crippen molar-refractivity contribution in [3.05, 3.63) is 17.3 Å². The van der Waals surface area contributed by atoms with Gasteiger partial charge >= 0.3 is 6.36 Å². The predicted octanol–water partition coefficient (Wildman–Crippen LogP) is 2.34. The van der Waals surface area contributed by atoms with Gasteiger partial charge in [0.25, 0.3) is 5.88 Å². The zero-order valence-corrected chi connectivity index (χ0v) is 6.73. The molecule has 0 aliphatic carbocycles. The minimum atomic E-state index is -4.88. The third-order valence-corrected chi connectivity index (χ3v) is 1.22. The van der Waals surface area contributed by atoms with Gasteiger partial charge in [0, 0.05) is 12.3 Å². The molecule has 1 rings (SSSR count). The maximum absolute atomic E-state index is 11.6. The van der Waals surface area contributed by atoms with E-state index in [1.54, 1.807) is 0 Å². The van der Waals surface area contributed by atoms with E-state index in [-0.39, 0.29) is 5.02 Å². The van der Waals surface area contributed by atoms with Crippen molar-refractivity contribution in [3.63, 3.8) is 0 Å². The van der Waals surface area contributed by atoms with E-state index < -0.39 is 18.0 Å². The summed E-state index contributed by atoms with van der Waals surface area (Å²) in [6, 6.07) is 0.898. The number of aromatic hydroxyl groups is 1. The number of pyridine rings is 1. The minimum absolute atomic E-state index is 0.0204. The number of halogens is 4. The molecule has 1 heterocycles. The van der Waals surface area contributed by atoms with Gasteiger partial charge < -0.3 is 9.84 Å². The van der Waals surface area contributed by atoms with Gasteiger partial charge in [-0.3, -0.25) is 0 Å². The molecular formula is C6H3ClF3NO2. The molecule has 0 aromatic carbocycles. The van der Waals surface area contributed by atoms with Crippen molar-refractivity contribution in [2.45, 2.75) is 6.36 Å². The van der Waals surface area contributed by atoms with Crippen LogP contribution >= 0.6 is 11.6 Å². The Balaban J connectivity index is 2.90. The van der Waals surface area contributed by atoms with Crippen molar-refractivity contribution in [2.24, 2.45) is 0 Å². The summed E-state index contributed by atoms with van der Waals surface area (Å²) in [5.41, 5.74) is 0. The van der Waals surface area contributed by atoms with Crippen molar-refractivity contribution in [1.29, 1.82) is 0 Å². The van der Waals surface area contributed by atoms with Crippen LogP contribution in [0, 0.1) is 0 Å². The largest absolute Gasteiger partial charge is 0.574 e. The second-order valence-corrected chi connectivity index (χ2v) is 2.46. The number of nitrogens with zero attached hydrogens (tertiary/aromatic N) is 1. The second kappa shape index (κ2) is 3.29. The lowest BCUT2D eigenvalue weighted by molar-refractivity contribution is -0.276. The lowest BCUT2D eigenvalue weighted by Gasteiger charge is -2.08. The van der Waals surface area contributed by atoms with Gasteiger partial charge in [0.05, 0.1) is 5.02 Å². The average molecular weight is 214 g/mol. The normalized spacial score (nSPS) is 11.4. The topological polar surface area (TPSA) is 42.4 Å². The SMILES string of the molecule is Oc1cc(Cl)cnc1OC(F)(F)F. The Morgan fingerprint density at radius 2 is 2.08 bits per heavy atom. The lowest BCUT2D eigenvalue weighted by atomic mass is 10.4. The Bertz CT molecular complexity index is 315. The smallest absolute Gasteiger partial charge is 0.503 e. The van der Waals surface area contributed by atoms with Crippen LogP contribution in [0.2, 0.25) is 5.02 Å². The van der Waals surface area contributed by atoms with Gasteiger partial charge in [-0.05, 0) is 0 Å². The summed E-state index contributed by atoms with van der Waals surface area (Å²) in [5.74, 6) is -1.68. The third-order valence-electron chi connectivity index (χ3n) is 1.01. The fourth-order valence-corrected chi connectivity index (χ4v) is 0.756. The van der Waals surface area contributed by atoms with Crippen LogP contribution in [-0.4, -0.2) is 16.5 Å². The van der Waals surface area contributed by atoms with Gasteiger partial charge in [-0.2, -0.15) is 0 Å². The molecule has 0 spiro atoms. The number of ether oxygens (including phenoxy) is 1. The molecule has 0 aliphatic rings. The summed E-state index contributed by atoms with van der Waals surface area (Å²) in [6.07, 6.45) is -3.94. The third kappa shape index (κ3) is 2.98. The van der Waals surface area contributed by atoms with Crippen molar-refractivity contribution < 1.29 is 23.0 Å². The highest BCUT2D eigenvalue weighted by molar-refractivity contribution is 6.30. The van der Waals surface area contributed by atoms with Crippen LogP contribution in [0.5, 0.6) is 11.6 Å². The van der Waals surface area contributed by atoms with E-state index in [9.17, 15) is 13.2 Å². The first-order valence-corrected chi connectivity index (χ1v) is 3.36. The summed E-state index contributed by atoms with van der Waals surface area (Å²) in [6.45, 7) is 0. The first-order valence-electron chi connectivity index (χ1n) is 2.99. The van der Waals surface area contributed by atoms with E-state index in [0.717, 1.165) is 12.3 Å². The summed E-state index contributed by atoms with van der Waals surface area (Å²) >= 11 is 5.33. The highest BCUT2D eigenvalue weighted by atomic mass is 35.5. The van der Waals surface area contributed by atoms with Gasteiger partial charge in [-0.1, -0.05) is 11.6 Å². The minimum Gasteiger partial charge on any atom is -0.503 e. The second-order valence-electron chi connectivity index (χ2n) is 2.03. The summed E-state index contributed by atoms with van der Waals surface area (Å²) in [5, 5.41) is 8.90. The highest BCUT2D eigenvalue weighted by Gasteiger charge is 2.33.